The van der Waals surface area contributed by atoms with Gasteiger partial charge in [0.05, 0.1) is 18.2 Å². The summed E-state index contributed by atoms with van der Waals surface area (Å²) in [6.07, 6.45) is 1.00. The molecular formula is C18H16N2. The first kappa shape index (κ1) is 11.7. The first-order valence-electron chi connectivity index (χ1n) is 7.08. The van der Waals surface area contributed by atoms with E-state index in [-0.39, 0.29) is 5.54 Å². The summed E-state index contributed by atoms with van der Waals surface area (Å²) in [6, 6.07) is 20.0. The van der Waals surface area contributed by atoms with Crippen LogP contribution in [0, 0.1) is 11.3 Å². The quantitative estimate of drug-likeness (QED) is 0.735. The lowest BCUT2D eigenvalue weighted by Gasteiger charge is -2.43. The molecular weight excluding hydrogens is 244 g/mol. The van der Waals surface area contributed by atoms with Crippen LogP contribution in [0.25, 0.3) is 0 Å². The van der Waals surface area contributed by atoms with E-state index in [1.54, 1.807) is 0 Å². The van der Waals surface area contributed by atoms with E-state index in [9.17, 15) is 5.26 Å². The van der Waals surface area contributed by atoms with E-state index in [1.807, 2.05) is 0 Å². The number of hydrogen-bond acceptors (Lipinski definition) is 2. The highest BCUT2D eigenvalue weighted by Crippen LogP contribution is 2.54. The lowest BCUT2D eigenvalue weighted by Crippen LogP contribution is -2.45. The molecule has 20 heavy (non-hydrogen) atoms. The molecule has 0 saturated carbocycles. The second-order valence-electron chi connectivity index (χ2n) is 5.82. The van der Waals surface area contributed by atoms with Crippen LogP contribution in [-0.2, 0) is 12.0 Å². The van der Waals surface area contributed by atoms with E-state index >= 15 is 0 Å². The molecule has 98 valence electrons. The van der Waals surface area contributed by atoms with Crippen LogP contribution in [0.3, 0.4) is 0 Å². The monoisotopic (exact) mass is 260 g/mol. The van der Waals surface area contributed by atoms with Crippen molar-refractivity contribution in [2.24, 2.45) is 0 Å². The van der Waals surface area contributed by atoms with Crippen LogP contribution in [-0.4, -0.2) is 11.4 Å². The predicted octanol–water partition coefficient (Wildman–Crippen LogP) is 3.39. The van der Waals surface area contributed by atoms with E-state index in [1.165, 1.54) is 22.3 Å². The maximum absolute atomic E-state index is 9.23. The van der Waals surface area contributed by atoms with E-state index in [0.29, 0.717) is 12.6 Å². The number of rotatable bonds is 1. The molecule has 0 saturated heterocycles. The highest BCUT2D eigenvalue weighted by atomic mass is 15.3. The fraction of sp³-hybridized carbons (Fsp3) is 0.278. The van der Waals surface area contributed by atoms with Gasteiger partial charge in [-0.1, -0.05) is 48.5 Å². The van der Waals surface area contributed by atoms with Gasteiger partial charge in [-0.15, -0.1) is 0 Å². The molecule has 4 rings (SSSR count). The third-order valence-electron chi connectivity index (χ3n) is 4.99. The molecule has 0 fully saturated rings. The molecule has 0 amide bonds. The van der Waals surface area contributed by atoms with Gasteiger partial charge in [0.25, 0.3) is 0 Å². The highest BCUT2D eigenvalue weighted by Gasteiger charge is 2.51. The molecule has 2 atom stereocenters. The summed E-state index contributed by atoms with van der Waals surface area (Å²) in [7, 11) is 0. The first-order valence-corrected chi connectivity index (χ1v) is 7.08. The smallest absolute Gasteiger partial charge is 0.0880 e. The van der Waals surface area contributed by atoms with Gasteiger partial charge in [-0.25, -0.2) is 0 Å². The van der Waals surface area contributed by atoms with Crippen LogP contribution < -0.4 is 0 Å². The summed E-state index contributed by atoms with van der Waals surface area (Å²) in [5, 5.41) is 9.23. The van der Waals surface area contributed by atoms with Gasteiger partial charge in [-0.3, -0.25) is 4.90 Å². The molecule has 2 bridgehead atoms. The molecule has 2 heterocycles. The number of nitriles is 1. The van der Waals surface area contributed by atoms with Crippen LogP contribution in [0.5, 0.6) is 0 Å². The van der Waals surface area contributed by atoms with Crippen molar-refractivity contribution in [1.29, 1.82) is 5.26 Å². The minimum Gasteiger partial charge on any atom is -0.269 e. The molecule has 0 radical (unpaired) electrons. The zero-order valence-corrected chi connectivity index (χ0v) is 11.5. The summed E-state index contributed by atoms with van der Waals surface area (Å²) < 4.78 is 0. The summed E-state index contributed by atoms with van der Waals surface area (Å²) in [4.78, 5) is 2.36. The molecule has 2 nitrogen and oxygen atoms in total. The van der Waals surface area contributed by atoms with Gasteiger partial charge in [0.2, 0.25) is 0 Å². The second-order valence-corrected chi connectivity index (χ2v) is 5.82. The Morgan fingerprint density at radius 2 is 1.85 bits per heavy atom. The molecule has 2 aliphatic heterocycles. The lowest BCUT2D eigenvalue weighted by atomic mass is 9.81. The Bertz CT molecular complexity index is 715. The molecule has 2 aromatic rings. The summed E-state index contributed by atoms with van der Waals surface area (Å²) in [5.41, 5.74) is 5.37. The standard InChI is InChI=1S/C18H16N2/c1-18-15-8-4-2-6-13(15)12-17(20(18)11-10-19)14-7-3-5-9-16(14)18/h2-9,17H,11-12H2,1H3/t17-,18+/m1/s1. The lowest BCUT2D eigenvalue weighted by molar-refractivity contribution is 0.114. The van der Waals surface area contributed by atoms with Gasteiger partial charge in [-0.05, 0) is 35.6 Å². The Kier molecular flexibility index (Phi) is 2.31. The molecule has 0 N–H and O–H groups in total. The fourth-order valence-corrected chi connectivity index (χ4v) is 4.11. The highest BCUT2D eigenvalue weighted by molar-refractivity contribution is 5.54. The van der Waals surface area contributed by atoms with Crippen molar-refractivity contribution in [1.82, 2.24) is 4.90 Å². The number of nitrogens with zero attached hydrogens (tertiary/aromatic N) is 2. The topological polar surface area (TPSA) is 27.0 Å². The molecule has 0 aliphatic carbocycles. The molecule has 0 unspecified atom stereocenters. The maximum Gasteiger partial charge on any atom is 0.0880 e. The summed E-state index contributed by atoms with van der Waals surface area (Å²) >= 11 is 0. The molecule has 2 aliphatic rings. The SMILES string of the molecule is C[C@]12c3ccccc3C[C@H](c3ccccc31)N2CC#N. The van der Waals surface area contributed by atoms with Crippen LogP contribution in [0.4, 0.5) is 0 Å². The van der Waals surface area contributed by atoms with E-state index in [4.69, 9.17) is 0 Å². The third kappa shape index (κ3) is 1.26. The molecule has 0 spiro atoms. The van der Waals surface area contributed by atoms with Gasteiger partial charge < -0.3 is 0 Å². The molecule has 2 aromatic carbocycles. The largest absolute Gasteiger partial charge is 0.269 e. The first-order chi connectivity index (χ1) is 9.76. The third-order valence-corrected chi connectivity index (χ3v) is 4.99. The van der Waals surface area contributed by atoms with Crippen molar-refractivity contribution in [3.63, 3.8) is 0 Å². The van der Waals surface area contributed by atoms with Gasteiger partial charge in [0.15, 0.2) is 0 Å². The Balaban J connectivity index is 2.03. The zero-order valence-electron chi connectivity index (χ0n) is 11.5. The van der Waals surface area contributed by atoms with E-state index < -0.39 is 0 Å². The van der Waals surface area contributed by atoms with Crippen LogP contribution >= 0.6 is 0 Å². The van der Waals surface area contributed by atoms with Crippen molar-refractivity contribution >= 4 is 0 Å². The Morgan fingerprint density at radius 1 is 1.15 bits per heavy atom. The van der Waals surface area contributed by atoms with Crippen molar-refractivity contribution < 1.29 is 0 Å². The second kappa shape index (κ2) is 3.94. The van der Waals surface area contributed by atoms with Gasteiger partial charge in [0.1, 0.15) is 0 Å². The number of fused-ring (bicyclic) bond motifs is 7. The van der Waals surface area contributed by atoms with Crippen LogP contribution in [0.15, 0.2) is 48.5 Å². The van der Waals surface area contributed by atoms with Crippen molar-refractivity contribution in [2.75, 3.05) is 6.54 Å². The minimum atomic E-state index is -0.161. The fourth-order valence-electron chi connectivity index (χ4n) is 4.11. The summed E-state index contributed by atoms with van der Waals surface area (Å²) in [6.45, 7) is 2.74. The minimum absolute atomic E-state index is 0.161. The van der Waals surface area contributed by atoms with Crippen molar-refractivity contribution in [3.05, 3.63) is 70.8 Å². The van der Waals surface area contributed by atoms with Crippen molar-refractivity contribution in [2.45, 2.75) is 24.9 Å². The Labute approximate surface area is 119 Å². The van der Waals surface area contributed by atoms with Crippen molar-refractivity contribution in [3.8, 4) is 6.07 Å². The Morgan fingerprint density at radius 3 is 2.65 bits per heavy atom. The maximum atomic E-state index is 9.23. The average Bonchev–Trinajstić information content (AvgIpc) is 2.65. The zero-order chi connectivity index (χ0) is 13.7. The predicted molar refractivity (Wildman–Crippen MR) is 78.1 cm³/mol. The van der Waals surface area contributed by atoms with E-state index in [0.717, 1.165) is 6.42 Å². The number of hydrogen-bond donors (Lipinski definition) is 0. The van der Waals surface area contributed by atoms with Gasteiger partial charge in [-0.2, -0.15) is 5.26 Å². The van der Waals surface area contributed by atoms with E-state index in [2.05, 4.69) is 66.4 Å². The van der Waals surface area contributed by atoms with Gasteiger partial charge >= 0.3 is 0 Å². The summed E-state index contributed by atoms with van der Waals surface area (Å²) in [5.74, 6) is 0. The van der Waals surface area contributed by atoms with Crippen LogP contribution in [0.2, 0.25) is 0 Å². The normalized spacial score (nSPS) is 26.7. The molecule has 2 heteroatoms. The average molecular weight is 260 g/mol. The Hall–Kier alpha value is -2.11. The van der Waals surface area contributed by atoms with Crippen LogP contribution in [0.1, 0.15) is 35.2 Å². The van der Waals surface area contributed by atoms with Gasteiger partial charge in [0, 0.05) is 6.04 Å². The number of benzene rings is 2. The molecule has 0 aromatic heterocycles.